The number of hydrogen-bond donors (Lipinski definition) is 2. The first-order valence-corrected chi connectivity index (χ1v) is 9.93. The van der Waals surface area contributed by atoms with E-state index >= 15 is 0 Å². The third kappa shape index (κ3) is 3.97. The van der Waals surface area contributed by atoms with E-state index in [1.807, 2.05) is 19.9 Å². The van der Waals surface area contributed by atoms with E-state index in [1.165, 1.54) is 0 Å². The van der Waals surface area contributed by atoms with Crippen LogP contribution < -0.4 is 0 Å². The van der Waals surface area contributed by atoms with Gasteiger partial charge in [0.25, 0.3) is 0 Å². The molecule has 5 atom stereocenters. The van der Waals surface area contributed by atoms with Crippen LogP contribution in [0.1, 0.15) is 54.9 Å². The minimum absolute atomic E-state index is 0.153. The number of aliphatic hydroxyl groups is 1. The Kier molecular flexibility index (Phi) is 6.24. The van der Waals surface area contributed by atoms with Gasteiger partial charge in [0, 0.05) is 0 Å². The summed E-state index contributed by atoms with van der Waals surface area (Å²) in [5.41, 5.74) is 5.18. The number of carbonyl (C=O) groups is 1. The van der Waals surface area contributed by atoms with Crippen LogP contribution in [0.5, 0.6) is 0 Å². The Bertz CT molecular complexity index is 771. The van der Waals surface area contributed by atoms with E-state index in [1.54, 1.807) is 0 Å². The summed E-state index contributed by atoms with van der Waals surface area (Å²) in [5, 5.41) is 20.2. The Hall–Kier alpha value is -2.03. The smallest absolute Gasteiger partial charge is 0.335 e. The molecule has 2 N–H and O–H groups in total. The molecule has 0 heterocycles. The van der Waals surface area contributed by atoms with Gasteiger partial charge >= 0.3 is 5.97 Å². The van der Waals surface area contributed by atoms with E-state index in [0.29, 0.717) is 11.5 Å². The normalized spacial score (nSPS) is 34.5. The zero-order valence-electron chi connectivity index (χ0n) is 17.8. The first-order chi connectivity index (χ1) is 12.5. The Labute approximate surface area is 163 Å². The van der Waals surface area contributed by atoms with Crippen LogP contribution in [-0.4, -0.2) is 16.2 Å². The van der Waals surface area contributed by atoms with Crippen molar-refractivity contribution in [3.63, 3.8) is 0 Å². The fourth-order valence-corrected chi connectivity index (χ4v) is 4.45. The molecule has 0 fully saturated rings. The van der Waals surface area contributed by atoms with Crippen molar-refractivity contribution in [2.24, 2.45) is 29.6 Å². The molecule has 0 amide bonds. The predicted molar refractivity (Wildman–Crippen MR) is 111 cm³/mol. The Balaban J connectivity index is 2.80. The minimum atomic E-state index is -0.864. The number of aliphatic carboxylic acids is 1. The molecule has 0 saturated carbocycles. The molecule has 5 unspecified atom stereocenters. The average molecular weight is 371 g/mol. The molecule has 0 aromatic carbocycles. The summed E-state index contributed by atoms with van der Waals surface area (Å²) in [4.78, 5) is 12.0. The molecule has 2 aliphatic carbocycles. The van der Waals surface area contributed by atoms with Crippen molar-refractivity contribution in [1.29, 1.82) is 0 Å². The monoisotopic (exact) mass is 370 g/mol. The molecule has 2 aliphatic rings. The third-order valence-corrected chi connectivity index (χ3v) is 6.66. The van der Waals surface area contributed by atoms with E-state index in [-0.39, 0.29) is 29.4 Å². The van der Waals surface area contributed by atoms with Gasteiger partial charge in [-0.15, -0.1) is 0 Å². The van der Waals surface area contributed by atoms with E-state index < -0.39 is 5.97 Å². The maximum Gasteiger partial charge on any atom is 0.335 e. The van der Waals surface area contributed by atoms with Crippen molar-refractivity contribution in [2.75, 3.05) is 0 Å². The maximum absolute atomic E-state index is 12.0. The van der Waals surface area contributed by atoms with Crippen LogP contribution in [0, 0.1) is 29.6 Å². The molecule has 3 nitrogen and oxygen atoms in total. The summed E-state index contributed by atoms with van der Waals surface area (Å²) in [5.74, 6) is 0.644. The van der Waals surface area contributed by atoms with E-state index in [9.17, 15) is 15.0 Å². The lowest BCUT2D eigenvalue weighted by molar-refractivity contribution is -0.132. The molecule has 0 spiro atoms. The van der Waals surface area contributed by atoms with E-state index in [2.05, 4.69) is 47.3 Å². The van der Waals surface area contributed by atoms with Crippen molar-refractivity contribution in [3.8, 4) is 0 Å². The van der Waals surface area contributed by atoms with Crippen LogP contribution in [0.4, 0.5) is 0 Å². The summed E-state index contributed by atoms with van der Waals surface area (Å²) < 4.78 is 0. The first-order valence-electron chi connectivity index (χ1n) is 9.93. The topological polar surface area (TPSA) is 57.5 Å². The molecular weight excluding hydrogens is 336 g/mol. The zero-order valence-corrected chi connectivity index (χ0v) is 17.8. The average Bonchev–Trinajstić information content (AvgIpc) is 2.67. The Morgan fingerprint density at radius 3 is 2.07 bits per heavy atom. The van der Waals surface area contributed by atoms with Crippen molar-refractivity contribution in [1.82, 2.24) is 0 Å². The van der Waals surface area contributed by atoms with Gasteiger partial charge in [-0.2, -0.15) is 0 Å². The molecule has 2 rings (SSSR count). The van der Waals surface area contributed by atoms with Gasteiger partial charge in [-0.1, -0.05) is 52.8 Å². The molecule has 148 valence electrons. The van der Waals surface area contributed by atoms with Gasteiger partial charge in [-0.05, 0) is 78.2 Å². The summed E-state index contributed by atoms with van der Waals surface area (Å²) in [7, 11) is 0. The molecule has 0 aromatic heterocycles. The highest BCUT2D eigenvalue weighted by Gasteiger charge is 2.33. The van der Waals surface area contributed by atoms with Gasteiger partial charge in [-0.3, -0.25) is 0 Å². The fraction of sp³-hybridized carbons (Fsp3) is 0.542. The molecular formula is C24H34O3. The van der Waals surface area contributed by atoms with Gasteiger partial charge in [-0.25, -0.2) is 4.79 Å². The largest absolute Gasteiger partial charge is 0.508 e. The number of carboxylic acids is 1. The second kappa shape index (κ2) is 7.92. The summed E-state index contributed by atoms with van der Waals surface area (Å²) in [6, 6.07) is 0. The number of hydrogen-bond acceptors (Lipinski definition) is 2. The van der Waals surface area contributed by atoms with Gasteiger partial charge in [0.2, 0.25) is 0 Å². The van der Waals surface area contributed by atoms with Crippen LogP contribution in [0.2, 0.25) is 0 Å². The highest BCUT2D eigenvalue weighted by molar-refractivity contribution is 5.93. The van der Waals surface area contributed by atoms with Crippen LogP contribution >= 0.6 is 0 Å². The molecule has 0 aromatic rings. The maximum atomic E-state index is 12.0. The first kappa shape index (κ1) is 21.3. The second-order valence-electron chi connectivity index (χ2n) is 8.73. The van der Waals surface area contributed by atoms with Crippen LogP contribution in [-0.2, 0) is 4.79 Å². The molecule has 0 radical (unpaired) electrons. The molecule has 0 aliphatic heterocycles. The van der Waals surface area contributed by atoms with Crippen LogP contribution in [0.15, 0.2) is 57.9 Å². The predicted octanol–water partition coefficient (Wildman–Crippen LogP) is 6.23. The summed E-state index contributed by atoms with van der Waals surface area (Å²) >= 11 is 0. The number of rotatable bonds is 2. The quantitative estimate of drug-likeness (QED) is 0.567. The lowest BCUT2D eigenvalue weighted by Crippen LogP contribution is -2.21. The zero-order chi connectivity index (χ0) is 20.6. The van der Waals surface area contributed by atoms with E-state index in [0.717, 1.165) is 34.3 Å². The van der Waals surface area contributed by atoms with Gasteiger partial charge in [0.15, 0.2) is 0 Å². The fourth-order valence-electron chi connectivity index (χ4n) is 4.45. The van der Waals surface area contributed by atoms with Gasteiger partial charge in [0.05, 0.1) is 5.57 Å². The highest BCUT2D eigenvalue weighted by atomic mass is 16.4. The molecule has 3 heteroatoms. The molecule has 0 bridgehead atoms. The Morgan fingerprint density at radius 1 is 1.00 bits per heavy atom. The van der Waals surface area contributed by atoms with Crippen molar-refractivity contribution < 1.29 is 15.0 Å². The van der Waals surface area contributed by atoms with Crippen molar-refractivity contribution in [3.05, 3.63) is 57.9 Å². The number of carboxylic acid groups (broad SMARTS) is 1. The summed E-state index contributed by atoms with van der Waals surface area (Å²) in [6.07, 6.45) is 4.89. The minimum Gasteiger partial charge on any atom is -0.508 e. The molecule has 0 saturated heterocycles. The van der Waals surface area contributed by atoms with Crippen molar-refractivity contribution in [2.45, 2.75) is 54.9 Å². The SMILES string of the molecule is C=C1C(O)=C/C(=C2\C=C(C(C(=O)O)=C(C)C)C(C)CC(C)C2C)C(C)C1C. The van der Waals surface area contributed by atoms with Crippen molar-refractivity contribution >= 4 is 5.97 Å². The van der Waals surface area contributed by atoms with E-state index in [4.69, 9.17) is 0 Å². The lowest BCUT2D eigenvalue weighted by Gasteiger charge is -2.32. The van der Waals surface area contributed by atoms with Gasteiger partial charge < -0.3 is 10.2 Å². The molecule has 27 heavy (non-hydrogen) atoms. The van der Waals surface area contributed by atoms with Crippen LogP contribution in [0.3, 0.4) is 0 Å². The Morgan fingerprint density at radius 2 is 1.56 bits per heavy atom. The highest BCUT2D eigenvalue weighted by Crippen LogP contribution is 2.44. The summed E-state index contributed by atoms with van der Waals surface area (Å²) in [6.45, 7) is 18.6. The third-order valence-electron chi connectivity index (χ3n) is 6.66. The van der Waals surface area contributed by atoms with Crippen LogP contribution in [0.25, 0.3) is 0 Å². The number of aliphatic hydroxyl groups excluding tert-OH is 1. The lowest BCUT2D eigenvalue weighted by atomic mass is 9.73. The van der Waals surface area contributed by atoms with Gasteiger partial charge in [0.1, 0.15) is 5.76 Å². The second-order valence-corrected chi connectivity index (χ2v) is 8.73. The number of allylic oxidation sites excluding steroid dienone is 6. The standard InChI is InChI=1S/C24H34O3/c1-12(2)23(24(26)27)19-10-20(15(5)13(3)9-14(19)4)21-11-22(25)18(8)16(6)17(21)7/h10-11,13-17,25H,8-9H2,1-7H3,(H,26,27)/b21-20-.